The quantitative estimate of drug-likeness (QED) is 0.526. The van der Waals surface area contributed by atoms with Gasteiger partial charge in [-0.15, -0.1) is 0 Å². The van der Waals surface area contributed by atoms with Gasteiger partial charge >= 0.3 is 0 Å². The summed E-state index contributed by atoms with van der Waals surface area (Å²) in [6, 6.07) is 14.8. The number of rotatable bonds is 6. The molecule has 2 aromatic carbocycles. The molecule has 1 spiro atoms. The molecule has 0 bridgehead atoms. The third-order valence-electron chi connectivity index (χ3n) is 9.16. The van der Waals surface area contributed by atoms with Gasteiger partial charge in [0.15, 0.2) is 0 Å². The molecule has 2 saturated heterocycles. The van der Waals surface area contributed by atoms with Gasteiger partial charge in [-0.1, -0.05) is 80.1 Å². The van der Waals surface area contributed by atoms with Crippen LogP contribution in [0.3, 0.4) is 0 Å². The lowest BCUT2D eigenvalue weighted by Crippen LogP contribution is -2.59. The first kappa shape index (κ1) is 27.7. The van der Waals surface area contributed by atoms with Crippen LogP contribution in [0, 0.1) is 11.8 Å². The monoisotopic (exact) mass is 575 g/mol. The average Bonchev–Trinajstić information content (AvgIpc) is 3.28. The molecule has 9 heteroatoms. The molecule has 1 unspecified atom stereocenters. The predicted octanol–water partition coefficient (Wildman–Crippen LogP) is 3.98. The van der Waals surface area contributed by atoms with Crippen LogP contribution in [0.15, 0.2) is 78.9 Å². The second-order valence-corrected chi connectivity index (χ2v) is 11.5. The van der Waals surface area contributed by atoms with E-state index in [4.69, 9.17) is 16.3 Å². The molecular formula is C32H34ClN3O5. The molecule has 1 N–H and O–H groups in total. The summed E-state index contributed by atoms with van der Waals surface area (Å²) in [5, 5.41) is 10.8. The molecule has 0 saturated carbocycles. The summed E-state index contributed by atoms with van der Waals surface area (Å²) in [5.41, 5.74) is -1.24. The van der Waals surface area contributed by atoms with Crippen molar-refractivity contribution in [1.82, 2.24) is 4.90 Å². The number of ether oxygens (including phenoxy) is 1. The van der Waals surface area contributed by atoms with Crippen LogP contribution >= 0.6 is 11.6 Å². The summed E-state index contributed by atoms with van der Waals surface area (Å²) < 4.78 is 7.01. The smallest absolute Gasteiger partial charge is 0.253 e. The Morgan fingerprint density at radius 3 is 2.27 bits per heavy atom. The van der Waals surface area contributed by atoms with Gasteiger partial charge in [-0.05, 0) is 37.1 Å². The van der Waals surface area contributed by atoms with Crippen molar-refractivity contribution in [2.45, 2.75) is 50.0 Å². The molecule has 2 aromatic rings. The normalized spacial score (nSPS) is 31.6. The highest BCUT2D eigenvalue weighted by molar-refractivity contribution is 6.34. The number of hydrogen-bond acceptors (Lipinski definition) is 5. The zero-order chi connectivity index (χ0) is 28.9. The molecule has 0 aromatic heterocycles. The van der Waals surface area contributed by atoms with Gasteiger partial charge < -0.3 is 24.5 Å². The van der Waals surface area contributed by atoms with E-state index in [0.29, 0.717) is 30.1 Å². The summed E-state index contributed by atoms with van der Waals surface area (Å²) in [5.74, 6) is -2.76. The SMILES string of the molecule is CC[C@@H](CO)N1C(=O)[C@@H]2[C@H]3C(=O)N(c4ccccc4)CC=C[C@@]3(CC)O[C@@]23C=CCN(c2ccccc2Cl)C(=O)C13. The molecule has 4 aliphatic rings. The Balaban J connectivity index is 1.53. The van der Waals surface area contributed by atoms with Crippen molar-refractivity contribution in [3.8, 4) is 0 Å². The van der Waals surface area contributed by atoms with Gasteiger partial charge in [0.25, 0.3) is 5.91 Å². The lowest BCUT2D eigenvalue weighted by Gasteiger charge is -2.40. The van der Waals surface area contributed by atoms with E-state index in [1.54, 1.807) is 34.1 Å². The Morgan fingerprint density at radius 1 is 0.902 bits per heavy atom. The number of likely N-dealkylation sites (tertiary alicyclic amines) is 1. The van der Waals surface area contributed by atoms with Gasteiger partial charge in [-0.25, -0.2) is 0 Å². The van der Waals surface area contributed by atoms with Crippen molar-refractivity contribution >= 4 is 40.7 Å². The largest absolute Gasteiger partial charge is 0.394 e. The van der Waals surface area contributed by atoms with E-state index in [0.717, 1.165) is 5.69 Å². The minimum absolute atomic E-state index is 0.219. The second kappa shape index (κ2) is 10.4. The topological polar surface area (TPSA) is 90.4 Å². The molecule has 4 aliphatic heterocycles. The Kier molecular flexibility index (Phi) is 7.04. The van der Waals surface area contributed by atoms with Gasteiger partial charge in [0.1, 0.15) is 11.6 Å². The van der Waals surface area contributed by atoms with Crippen molar-refractivity contribution in [2.24, 2.45) is 11.8 Å². The number of para-hydroxylation sites is 2. The van der Waals surface area contributed by atoms with Crippen LogP contribution in [0.25, 0.3) is 0 Å². The fourth-order valence-corrected chi connectivity index (χ4v) is 7.47. The van der Waals surface area contributed by atoms with Crippen LogP contribution in [0.2, 0.25) is 5.02 Å². The number of carbonyl (C=O) groups excluding carboxylic acids is 3. The zero-order valence-electron chi connectivity index (χ0n) is 23.2. The van der Waals surface area contributed by atoms with Crippen molar-refractivity contribution < 1.29 is 24.2 Å². The number of aliphatic hydroxyl groups excluding tert-OH is 1. The van der Waals surface area contributed by atoms with E-state index >= 15 is 0 Å². The molecule has 214 valence electrons. The standard InChI is InChI=1S/C32H34ClN3O5/c1-3-21(20-37)36-27-30(40)35(24-15-9-8-14-23(24)33)19-11-17-32(27)26(29(36)39)25-28(38)34(22-12-6-5-7-13-22)18-10-16-31(25,4-2)41-32/h5-17,21,25-27,37H,3-4,18-20H2,1-2H3/t21-,25-,26-,27?,31+,32-/m0/s1. The Labute approximate surface area is 244 Å². The van der Waals surface area contributed by atoms with Crippen molar-refractivity contribution in [3.05, 3.63) is 83.9 Å². The van der Waals surface area contributed by atoms with E-state index in [1.165, 1.54) is 4.90 Å². The summed E-state index contributed by atoms with van der Waals surface area (Å²) in [6.07, 6.45) is 8.36. The minimum atomic E-state index is -1.41. The predicted molar refractivity (Wildman–Crippen MR) is 156 cm³/mol. The first-order valence-corrected chi connectivity index (χ1v) is 14.6. The number of nitrogens with zero attached hydrogens (tertiary/aromatic N) is 3. The third-order valence-corrected chi connectivity index (χ3v) is 9.48. The van der Waals surface area contributed by atoms with Gasteiger partial charge in [-0.2, -0.15) is 0 Å². The maximum atomic E-state index is 14.6. The molecule has 2 fully saturated rings. The molecule has 0 radical (unpaired) electrons. The molecule has 0 aliphatic carbocycles. The third kappa shape index (κ3) is 3.99. The highest BCUT2D eigenvalue weighted by atomic mass is 35.5. The summed E-state index contributed by atoms with van der Waals surface area (Å²) in [7, 11) is 0. The lowest BCUT2D eigenvalue weighted by molar-refractivity contribution is -0.149. The number of benzene rings is 2. The van der Waals surface area contributed by atoms with Gasteiger partial charge in [0.05, 0.1) is 40.8 Å². The minimum Gasteiger partial charge on any atom is -0.394 e. The molecule has 6 atom stereocenters. The maximum absolute atomic E-state index is 14.6. The lowest BCUT2D eigenvalue weighted by atomic mass is 9.73. The van der Waals surface area contributed by atoms with E-state index in [9.17, 15) is 19.5 Å². The van der Waals surface area contributed by atoms with Crippen LogP contribution in [0.5, 0.6) is 0 Å². The first-order valence-electron chi connectivity index (χ1n) is 14.2. The van der Waals surface area contributed by atoms with Crippen LogP contribution in [-0.4, -0.2) is 70.7 Å². The molecular weight excluding hydrogens is 542 g/mol. The van der Waals surface area contributed by atoms with Crippen molar-refractivity contribution in [3.63, 3.8) is 0 Å². The Bertz CT molecular complexity index is 1430. The van der Waals surface area contributed by atoms with Gasteiger partial charge in [-0.3, -0.25) is 14.4 Å². The van der Waals surface area contributed by atoms with E-state index in [1.807, 2.05) is 68.5 Å². The van der Waals surface area contributed by atoms with Crippen LogP contribution in [0.1, 0.15) is 26.7 Å². The fourth-order valence-electron chi connectivity index (χ4n) is 7.23. The van der Waals surface area contributed by atoms with Crippen molar-refractivity contribution in [2.75, 3.05) is 29.5 Å². The average molecular weight is 576 g/mol. The summed E-state index contributed by atoms with van der Waals surface area (Å²) >= 11 is 6.54. The van der Waals surface area contributed by atoms with Gasteiger partial charge in [0.2, 0.25) is 11.8 Å². The highest BCUT2D eigenvalue weighted by Crippen LogP contribution is 2.59. The Morgan fingerprint density at radius 2 is 1.59 bits per heavy atom. The number of hydrogen-bond donors (Lipinski definition) is 1. The van der Waals surface area contributed by atoms with Crippen molar-refractivity contribution in [1.29, 1.82) is 0 Å². The van der Waals surface area contributed by atoms with Crippen LogP contribution in [0.4, 0.5) is 11.4 Å². The second-order valence-electron chi connectivity index (χ2n) is 11.1. The Hall–Kier alpha value is -3.46. The summed E-state index contributed by atoms with van der Waals surface area (Å²) in [4.78, 5) is 48.5. The number of fused-ring (bicyclic) bond motifs is 2. The molecule has 4 heterocycles. The molecule has 6 rings (SSSR count). The number of carbonyl (C=O) groups is 3. The molecule has 41 heavy (non-hydrogen) atoms. The number of amides is 3. The first-order chi connectivity index (χ1) is 19.8. The van der Waals surface area contributed by atoms with Crippen LogP contribution in [-0.2, 0) is 19.1 Å². The maximum Gasteiger partial charge on any atom is 0.253 e. The summed E-state index contributed by atoms with van der Waals surface area (Å²) in [6.45, 7) is 4.05. The zero-order valence-corrected chi connectivity index (χ0v) is 23.9. The van der Waals surface area contributed by atoms with Crippen LogP contribution < -0.4 is 9.80 Å². The molecule has 8 nitrogen and oxygen atoms in total. The highest BCUT2D eigenvalue weighted by Gasteiger charge is 2.76. The van der Waals surface area contributed by atoms with E-state index in [2.05, 4.69) is 0 Å². The van der Waals surface area contributed by atoms with Gasteiger partial charge in [0, 0.05) is 18.8 Å². The van der Waals surface area contributed by atoms with E-state index in [-0.39, 0.29) is 30.9 Å². The number of halogens is 1. The number of aliphatic hydroxyl groups is 1. The fraction of sp³-hybridized carbons (Fsp3) is 0.406. The molecule has 3 amide bonds. The van der Waals surface area contributed by atoms with E-state index < -0.39 is 35.1 Å². The number of anilines is 2.